The van der Waals surface area contributed by atoms with E-state index in [1.165, 1.54) is 25.7 Å². The predicted molar refractivity (Wildman–Crippen MR) is 99.2 cm³/mol. The van der Waals surface area contributed by atoms with Crippen molar-refractivity contribution in [2.45, 2.75) is 51.7 Å². The van der Waals surface area contributed by atoms with Crippen molar-refractivity contribution >= 4 is 12.1 Å². The SMILES string of the molecule is CCN=C(NC1C2CCOC2C12CCC2)N1CCN(C(=O)OCC)CC1. The van der Waals surface area contributed by atoms with Gasteiger partial charge in [0, 0.05) is 56.7 Å². The van der Waals surface area contributed by atoms with Gasteiger partial charge in [0.15, 0.2) is 5.96 Å². The van der Waals surface area contributed by atoms with Crippen LogP contribution in [0.25, 0.3) is 0 Å². The number of nitrogens with zero attached hydrogens (tertiary/aromatic N) is 3. The van der Waals surface area contributed by atoms with Crippen molar-refractivity contribution in [3.05, 3.63) is 0 Å². The summed E-state index contributed by atoms with van der Waals surface area (Å²) in [6.45, 7) is 9.01. The van der Waals surface area contributed by atoms with Crippen LogP contribution >= 0.6 is 0 Å². The fraction of sp³-hybridized carbons (Fsp3) is 0.895. The first-order valence-corrected chi connectivity index (χ1v) is 10.3. The number of piperazine rings is 1. The molecule has 7 heteroatoms. The van der Waals surface area contributed by atoms with Crippen molar-refractivity contribution in [2.75, 3.05) is 45.9 Å². The molecule has 1 spiro atoms. The number of carbonyl (C=O) groups is 1. The van der Waals surface area contributed by atoms with Gasteiger partial charge in [-0.2, -0.15) is 0 Å². The van der Waals surface area contributed by atoms with Crippen LogP contribution in [-0.4, -0.2) is 79.9 Å². The molecule has 2 aliphatic heterocycles. The number of amides is 1. The number of guanidine groups is 1. The van der Waals surface area contributed by atoms with Crippen molar-refractivity contribution in [2.24, 2.45) is 16.3 Å². The van der Waals surface area contributed by atoms with E-state index in [2.05, 4.69) is 17.1 Å². The van der Waals surface area contributed by atoms with Crippen molar-refractivity contribution in [3.63, 3.8) is 0 Å². The molecule has 7 nitrogen and oxygen atoms in total. The maximum Gasteiger partial charge on any atom is 0.409 e. The van der Waals surface area contributed by atoms with Gasteiger partial charge in [0.05, 0.1) is 12.7 Å². The summed E-state index contributed by atoms with van der Waals surface area (Å²) in [7, 11) is 0. The monoisotopic (exact) mass is 364 g/mol. The number of hydrogen-bond donors (Lipinski definition) is 1. The van der Waals surface area contributed by atoms with Crippen LogP contribution in [0.15, 0.2) is 4.99 Å². The van der Waals surface area contributed by atoms with Crippen molar-refractivity contribution in [1.29, 1.82) is 0 Å². The number of fused-ring (bicyclic) bond motifs is 2. The predicted octanol–water partition coefficient (Wildman–Crippen LogP) is 1.68. The van der Waals surface area contributed by atoms with E-state index in [-0.39, 0.29) is 6.09 Å². The number of nitrogens with one attached hydrogen (secondary N) is 1. The zero-order chi connectivity index (χ0) is 18.1. The highest BCUT2D eigenvalue weighted by atomic mass is 16.6. The normalized spacial score (nSPS) is 32.7. The van der Waals surface area contributed by atoms with Crippen LogP contribution in [0.4, 0.5) is 4.79 Å². The van der Waals surface area contributed by atoms with E-state index in [1.807, 2.05) is 6.92 Å². The van der Waals surface area contributed by atoms with Gasteiger partial charge in [-0.05, 0) is 33.1 Å². The number of carbonyl (C=O) groups excluding carboxylic acids is 1. The van der Waals surface area contributed by atoms with Crippen LogP contribution in [0.1, 0.15) is 39.5 Å². The molecule has 0 bridgehead atoms. The summed E-state index contributed by atoms with van der Waals surface area (Å²) >= 11 is 0. The van der Waals surface area contributed by atoms with E-state index in [4.69, 9.17) is 14.5 Å². The number of hydrogen-bond acceptors (Lipinski definition) is 4. The molecule has 2 saturated heterocycles. The Bertz CT molecular complexity index is 555. The molecular formula is C19H32N4O3. The van der Waals surface area contributed by atoms with Gasteiger partial charge in [-0.25, -0.2) is 4.79 Å². The number of rotatable bonds is 3. The molecule has 4 aliphatic rings. The van der Waals surface area contributed by atoms with Gasteiger partial charge in [-0.15, -0.1) is 0 Å². The minimum absolute atomic E-state index is 0.201. The van der Waals surface area contributed by atoms with E-state index < -0.39 is 0 Å². The molecule has 2 heterocycles. The molecule has 146 valence electrons. The van der Waals surface area contributed by atoms with Gasteiger partial charge in [0.1, 0.15) is 0 Å². The topological polar surface area (TPSA) is 66.4 Å². The molecular weight excluding hydrogens is 332 g/mol. The smallest absolute Gasteiger partial charge is 0.409 e. The molecule has 3 atom stereocenters. The Morgan fingerprint density at radius 1 is 1.23 bits per heavy atom. The third-order valence-corrected chi connectivity index (χ3v) is 6.73. The number of aliphatic imine (C=N–C) groups is 1. The first-order chi connectivity index (χ1) is 12.7. The second kappa shape index (κ2) is 7.25. The van der Waals surface area contributed by atoms with Gasteiger partial charge in [0.25, 0.3) is 0 Å². The second-order valence-corrected chi connectivity index (χ2v) is 7.92. The molecule has 2 saturated carbocycles. The van der Waals surface area contributed by atoms with Crippen LogP contribution in [0.3, 0.4) is 0 Å². The molecule has 0 aromatic rings. The molecule has 26 heavy (non-hydrogen) atoms. The Hall–Kier alpha value is -1.50. The molecule has 4 fully saturated rings. The van der Waals surface area contributed by atoms with Crippen LogP contribution < -0.4 is 5.32 Å². The van der Waals surface area contributed by atoms with E-state index in [1.54, 1.807) is 4.90 Å². The Labute approximate surface area is 156 Å². The molecule has 2 aliphatic carbocycles. The lowest BCUT2D eigenvalue weighted by Crippen LogP contribution is -2.73. The Morgan fingerprint density at radius 2 is 1.96 bits per heavy atom. The van der Waals surface area contributed by atoms with Crippen molar-refractivity contribution in [1.82, 2.24) is 15.1 Å². The van der Waals surface area contributed by atoms with Crippen molar-refractivity contribution in [3.8, 4) is 0 Å². The highest BCUT2D eigenvalue weighted by molar-refractivity contribution is 5.81. The molecule has 1 N–H and O–H groups in total. The molecule has 0 aromatic heterocycles. The zero-order valence-corrected chi connectivity index (χ0v) is 16.1. The molecule has 1 amide bonds. The average molecular weight is 364 g/mol. The minimum atomic E-state index is -0.201. The van der Waals surface area contributed by atoms with Gasteiger partial charge in [-0.3, -0.25) is 4.99 Å². The Kier molecular flexibility index (Phi) is 4.99. The van der Waals surface area contributed by atoms with Gasteiger partial charge >= 0.3 is 6.09 Å². The number of ether oxygens (including phenoxy) is 2. The fourth-order valence-electron chi connectivity index (χ4n) is 5.30. The third-order valence-electron chi connectivity index (χ3n) is 6.73. The average Bonchev–Trinajstić information content (AvgIpc) is 3.02. The molecule has 3 unspecified atom stereocenters. The maximum absolute atomic E-state index is 11.9. The lowest BCUT2D eigenvalue weighted by molar-refractivity contribution is -0.171. The molecule has 4 rings (SSSR count). The van der Waals surface area contributed by atoms with Crippen LogP contribution in [-0.2, 0) is 9.47 Å². The van der Waals surface area contributed by atoms with E-state index in [0.717, 1.165) is 32.2 Å². The lowest BCUT2D eigenvalue weighted by atomic mass is 9.46. The first-order valence-electron chi connectivity index (χ1n) is 10.3. The Balaban J connectivity index is 1.38. The second-order valence-electron chi connectivity index (χ2n) is 7.92. The zero-order valence-electron chi connectivity index (χ0n) is 16.1. The molecule has 0 aromatic carbocycles. The van der Waals surface area contributed by atoms with Crippen LogP contribution in [0, 0.1) is 11.3 Å². The van der Waals surface area contributed by atoms with Crippen molar-refractivity contribution < 1.29 is 14.3 Å². The van der Waals surface area contributed by atoms with E-state index in [9.17, 15) is 4.79 Å². The van der Waals surface area contributed by atoms with Crippen LogP contribution in [0.2, 0.25) is 0 Å². The van der Waals surface area contributed by atoms with Gasteiger partial charge in [-0.1, -0.05) is 6.42 Å². The molecule has 0 radical (unpaired) electrons. The summed E-state index contributed by atoms with van der Waals surface area (Å²) in [6, 6.07) is 0.497. The third kappa shape index (κ3) is 2.84. The largest absolute Gasteiger partial charge is 0.450 e. The van der Waals surface area contributed by atoms with E-state index in [0.29, 0.717) is 43.2 Å². The lowest BCUT2D eigenvalue weighted by Gasteiger charge is -2.63. The highest BCUT2D eigenvalue weighted by Crippen LogP contribution is 2.62. The quantitative estimate of drug-likeness (QED) is 0.610. The summed E-state index contributed by atoms with van der Waals surface area (Å²) in [5.74, 6) is 1.65. The summed E-state index contributed by atoms with van der Waals surface area (Å²) < 4.78 is 11.2. The summed E-state index contributed by atoms with van der Waals surface area (Å²) in [6.07, 6.45) is 5.32. The summed E-state index contributed by atoms with van der Waals surface area (Å²) in [5.41, 5.74) is 0.350. The maximum atomic E-state index is 11.9. The summed E-state index contributed by atoms with van der Waals surface area (Å²) in [4.78, 5) is 20.8. The summed E-state index contributed by atoms with van der Waals surface area (Å²) in [5, 5.41) is 3.82. The van der Waals surface area contributed by atoms with Gasteiger partial charge < -0.3 is 24.6 Å². The fourth-order valence-corrected chi connectivity index (χ4v) is 5.30. The van der Waals surface area contributed by atoms with Crippen LogP contribution in [0.5, 0.6) is 0 Å². The standard InChI is InChI=1S/C19H32N4O3/c1-3-20-17(22-9-11-23(12-10-22)18(24)25-4-2)21-15-14-6-13-26-16(14)19(15)7-5-8-19/h14-16H,3-13H2,1-2H3,(H,20,21). The Morgan fingerprint density at radius 3 is 2.58 bits per heavy atom. The van der Waals surface area contributed by atoms with Gasteiger partial charge in [0.2, 0.25) is 0 Å². The highest BCUT2D eigenvalue weighted by Gasteiger charge is 2.66. The first kappa shape index (κ1) is 17.9. The van der Waals surface area contributed by atoms with E-state index >= 15 is 0 Å². The minimum Gasteiger partial charge on any atom is -0.450 e.